The highest BCUT2D eigenvalue weighted by molar-refractivity contribution is 5.76. The number of aromatic nitrogens is 1. The van der Waals surface area contributed by atoms with E-state index in [0.29, 0.717) is 19.5 Å². The van der Waals surface area contributed by atoms with E-state index >= 15 is 0 Å². The molecule has 1 amide bonds. The first-order valence-electron chi connectivity index (χ1n) is 5.05. The number of hydrogen-bond donors (Lipinski definition) is 2. The zero-order valence-corrected chi connectivity index (χ0v) is 9.21. The summed E-state index contributed by atoms with van der Waals surface area (Å²) in [7, 11) is 1.83. The Hall–Kier alpha value is -1.42. The highest BCUT2D eigenvalue weighted by Crippen LogP contribution is 2.03. The fraction of sp³-hybridized carbons (Fsp3) is 0.455. The highest BCUT2D eigenvalue weighted by atomic mass is 16.1. The van der Waals surface area contributed by atoms with E-state index in [1.807, 2.05) is 20.0 Å². The van der Waals surface area contributed by atoms with Gasteiger partial charge in [-0.2, -0.15) is 0 Å². The number of aryl methyl sites for hydroxylation is 1. The molecule has 0 bridgehead atoms. The Morgan fingerprint density at radius 1 is 1.53 bits per heavy atom. The van der Waals surface area contributed by atoms with Gasteiger partial charge in [0.05, 0.1) is 0 Å². The minimum absolute atomic E-state index is 0.0626. The molecule has 0 unspecified atom stereocenters. The lowest BCUT2D eigenvalue weighted by molar-refractivity contribution is -0.121. The van der Waals surface area contributed by atoms with Crippen molar-refractivity contribution in [2.75, 3.05) is 13.6 Å². The summed E-state index contributed by atoms with van der Waals surface area (Å²) in [5.74, 6) is 0.0626. The molecule has 0 atom stereocenters. The molecule has 0 radical (unpaired) electrons. The zero-order chi connectivity index (χ0) is 11.1. The molecule has 4 heteroatoms. The molecule has 0 saturated heterocycles. The number of carbonyl (C=O) groups is 1. The second-order valence-electron chi connectivity index (χ2n) is 3.43. The third-order valence-electron chi connectivity index (χ3n) is 2.23. The van der Waals surface area contributed by atoms with Crippen LogP contribution in [0.1, 0.15) is 17.5 Å². The molecular weight excluding hydrogens is 190 g/mol. The van der Waals surface area contributed by atoms with Crippen LogP contribution in [0.5, 0.6) is 0 Å². The lowest BCUT2D eigenvalue weighted by atomic mass is 10.1. The summed E-state index contributed by atoms with van der Waals surface area (Å²) in [6.07, 6.45) is 4.05. The average molecular weight is 207 g/mol. The van der Waals surface area contributed by atoms with Crippen LogP contribution in [-0.2, 0) is 11.3 Å². The summed E-state index contributed by atoms with van der Waals surface area (Å²) < 4.78 is 0. The number of nitrogens with one attached hydrogen (secondary N) is 2. The second kappa shape index (κ2) is 6.14. The molecule has 0 aliphatic heterocycles. The molecule has 2 N–H and O–H groups in total. The van der Waals surface area contributed by atoms with Crippen molar-refractivity contribution >= 4 is 5.91 Å². The molecule has 1 heterocycles. The van der Waals surface area contributed by atoms with Gasteiger partial charge in [0.25, 0.3) is 0 Å². The number of hydrogen-bond acceptors (Lipinski definition) is 3. The van der Waals surface area contributed by atoms with Gasteiger partial charge in [0.1, 0.15) is 0 Å². The van der Waals surface area contributed by atoms with Gasteiger partial charge < -0.3 is 10.6 Å². The number of pyridine rings is 1. The standard InChI is InChI=1S/C11H17N3O/c1-9-3-6-13-7-10(9)8-14-11(15)4-5-12-2/h3,6-7,12H,4-5,8H2,1-2H3,(H,14,15). The lowest BCUT2D eigenvalue weighted by Crippen LogP contribution is -2.26. The maximum atomic E-state index is 11.3. The van der Waals surface area contributed by atoms with Gasteiger partial charge in [-0.25, -0.2) is 0 Å². The third-order valence-corrected chi connectivity index (χ3v) is 2.23. The number of nitrogens with zero attached hydrogens (tertiary/aromatic N) is 1. The van der Waals surface area contributed by atoms with Crippen LogP contribution in [-0.4, -0.2) is 24.5 Å². The normalized spacial score (nSPS) is 10.0. The predicted octanol–water partition coefficient (Wildman–Crippen LogP) is 0.616. The van der Waals surface area contributed by atoms with Crippen LogP contribution in [0.3, 0.4) is 0 Å². The summed E-state index contributed by atoms with van der Waals surface area (Å²) in [5.41, 5.74) is 2.22. The molecule has 0 spiro atoms. The van der Waals surface area contributed by atoms with Crippen molar-refractivity contribution in [3.05, 3.63) is 29.6 Å². The van der Waals surface area contributed by atoms with E-state index in [-0.39, 0.29) is 5.91 Å². The molecule has 4 nitrogen and oxygen atoms in total. The topological polar surface area (TPSA) is 54.0 Å². The van der Waals surface area contributed by atoms with Crippen molar-refractivity contribution in [1.29, 1.82) is 0 Å². The smallest absolute Gasteiger partial charge is 0.221 e. The summed E-state index contributed by atoms with van der Waals surface area (Å²) in [5, 5.41) is 5.79. The molecule has 82 valence electrons. The second-order valence-corrected chi connectivity index (χ2v) is 3.43. The van der Waals surface area contributed by atoms with Gasteiger partial charge in [-0.05, 0) is 31.2 Å². The van der Waals surface area contributed by atoms with E-state index < -0.39 is 0 Å². The molecule has 1 aromatic rings. The van der Waals surface area contributed by atoms with Crippen molar-refractivity contribution in [2.24, 2.45) is 0 Å². The number of rotatable bonds is 5. The minimum Gasteiger partial charge on any atom is -0.352 e. The first-order valence-corrected chi connectivity index (χ1v) is 5.05. The number of amides is 1. The van der Waals surface area contributed by atoms with Crippen LogP contribution < -0.4 is 10.6 Å². The largest absolute Gasteiger partial charge is 0.352 e. The minimum atomic E-state index is 0.0626. The van der Waals surface area contributed by atoms with Gasteiger partial charge in [-0.1, -0.05) is 0 Å². The molecule has 1 aromatic heterocycles. The van der Waals surface area contributed by atoms with E-state index in [0.717, 1.165) is 11.1 Å². The van der Waals surface area contributed by atoms with Crippen LogP contribution in [0.2, 0.25) is 0 Å². The summed E-state index contributed by atoms with van der Waals surface area (Å²) in [4.78, 5) is 15.3. The quantitative estimate of drug-likeness (QED) is 0.744. The molecule has 0 fully saturated rings. The Morgan fingerprint density at radius 2 is 2.33 bits per heavy atom. The van der Waals surface area contributed by atoms with Crippen molar-refractivity contribution in [3.63, 3.8) is 0 Å². The van der Waals surface area contributed by atoms with Crippen molar-refractivity contribution < 1.29 is 4.79 Å². The first-order chi connectivity index (χ1) is 7.24. The molecular formula is C11H17N3O. The predicted molar refractivity (Wildman–Crippen MR) is 59.4 cm³/mol. The van der Waals surface area contributed by atoms with Crippen LogP contribution >= 0.6 is 0 Å². The number of carbonyl (C=O) groups excluding carboxylic acids is 1. The Balaban J connectivity index is 2.37. The third kappa shape index (κ3) is 4.08. The highest BCUT2D eigenvalue weighted by Gasteiger charge is 2.01. The molecule has 15 heavy (non-hydrogen) atoms. The lowest BCUT2D eigenvalue weighted by Gasteiger charge is -2.06. The maximum Gasteiger partial charge on any atom is 0.221 e. The van der Waals surface area contributed by atoms with Crippen LogP contribution in [0.25, 0.3) is 0 Å². The van der Waals surface area contributed by atoms with Gasteiger partial charge in [0.2, 0.25) is 5.91 Å². The molecule has 0 aromatic carbocycles. The van der Waals surface area contributed by atoms with Gasteiger partial charge in [-0.15, -0.1) is 0 Å². The zero-order valence-electron chi connectivity index (χ0n) is 9.21. The Bertz CT molecular complexity index is 325. The molecule has 0 aliphatic carbocycles. The molecule has 1 rings (SSSR count). The van der Waals surface area contributed by atoms with Crippen molar-refractivity contribution in [2.45, 2.75) is 19.9 Å². The van der Waals surface area contributed by atoms with Crippen LogP contribution in [0.15, 0.2) is 18.5 Å². The van der Waals surface area contributed by atoms with E-state index in [1.54, 1.807) is 12.4 Å². The fourth-order valence-corrected chi connectivity index (χ4v) is 1.20. The Labute approximate surface area is 90.1 Å². The fourth-order valence-electron chi connectivity index (χ4n) is 1.20. The van der Waals surface area contributed by atoms with Crippen LogP contribution in [0, 0.1) is 6.92 Å². The van der Waals surface area contributed by atoms with Gasteiger partial charge in [0, 0.05) is 31.9 Å². The van der Waals surface area contributed by atoms with E-state index in [1.165, 1.54) is 0 Å². The Morgan fingerprint density at radius 3 is 3.00 bits per heavy atom. The van der Waals surface area contributed by atoms with Gasteiger partial charge >= 0.3 is 0 Å². The summed E-state index contributed by atoms with van der Waals surface area (Å²) in [6.45, 7) is 3.27. The summed E-state index contributed by atoms with van der Waals surface area (Å²) >= 11 is 0. The van der Waals surface area contributed by atoms with Gasteiger partial charge in [-0.3, -0.25) is 9.78 Å². The van der Waals surface area contributed by atoms with Crippen molar-refractivity contribution in [3.8, 4) is 0 Å². The average Bonchev–Trinajstić information content (AvgIpc) is 2.25. The van der Waals surface area contributed by atoms with E-state index in [4.69, 9.17) is 0 Å². The molecule has 0 saturated carbocycles. The van der Waals surface area contributed by atoms with Gasteiger partial charge in [0.15, 0.2) is 0 Å². The van der Waals surface area contributed by atoms with E-state index in [9.17, 15) is 4.79 Å². The van der Waals surface area contributed by atoms with Crippen LogP contribution in [0.4, 0.5) is 0 Å². The maximum absolute atomic E-state index is 11.3. The SMILES string of the molecule is CNCCC(=O)NCc1cnccc1C. The summed E-state index contributed by atoms with van der Waals surface area (Å²) in [6, 6.07) is 1.94. The first kappa shape index (κ1) is 11.7. The molecule has 0 aliphatic rings. The van der Waals surface area contributed by atoms with Crippen molar-refractivity contribution in [1.82, 2.24) is 15.6 Å². The Kier molecular flexibility index (Phi) is 4.77. The monoisotopic (exact) mass is 207 g/mol. The van der Waals surface area contributed by atoms with E-state index in [2.05, 4.69) is 15.6 Å².